The van der Waals surface area contributed by atoms with Gasteiger partial charge in [-0.2, -0.15) is 0 Å². The van der Waals surface area contributed by atoms with Gasteiger partial charge >= 0.3 is 0 Å². The molecule has 0 aliphatic carbocycles. The second-order valence-electron chi connectivity index (χ2n) is 3.64. The van der Waals surface area contributed by atoms with E-state index in [0.29, 0.717) is 0 Å². The minimum Gasteiger partial charge on any atom is -0.303 e. The Morgan fingerprint density at radius 3 is 2.64 bits per heavy atom. The summed E-state index contributed by atoms with van der Waals surface area (Å²) in [6, 6.07) is 10.6. The lowest BCUT2D eigenvalue weighted by Crippen LogP contribution is -2.19. The zero-order chi connectivity index (χ0) is 10.2. The van der Waals surface area contributed by atoms with Gasteiger partial charge in [0.25, 0.3) is 0 Å². The highest BCUT2D eigenvalue weighted by Crippen LogP contribution is 2.02. The quantitative estimate of drug-likeness (QED) is 0.622. The summed E-state index contributed by atoms with van der Waals surface area (Å²) in [7, 11) is 2.13. The Hall–Kier alpha value is -1.08. The first-order valence-electron chi connectivity index (χ1n) is 5.16. The summed E-state index contributed by atoms with van der Waals surface area (Å²) >= 11 is 0. The van der Waals surface area contributed by atoms with Crippen LogP contribution in [0, 0.1) is 0 Å². The van der Waals surface area contributed by atoms with Gasteiger partial charge in [0.05, 0.1) is 0 Å². The highest BCUT2D eigenvalue weighted by atomic mass is 15.1. The minimum atomic E-state index is 0.981. The van der Waals surface area contributed by atoms with Crippen molar-refractivity contribution in [3.63, 3.8) is 0 Å². The van der Waals surface area contributed by atoms with Crippen LogP contribution in [-0.4, -0.2) is 25.0 Å². The van der Waals surface area contributed by atoms with Crippen molar-refractivity contribution in [3.05, 3.63) is 48.6 Å². The first kappa shape index (κ1) is 11.0. The molecule has 0 saturated carbocycles. The number of hydrogen-bond donors (Lipinski definition) is 0. The summed E-state index contributed by atoms with van der Waals surface area (Å²) in [5, 5.41) is 0. The molecule has 0 aromatic heterocycles. The standard InChI is InChI=1S/C13H19N/c1-3-11-14(2)12-7-10-13-8-5-4-6-9-13/h3-6,8-9H,1,7,10-12H2,2H3. The lowest BCUT2D eigenvalue weighted by atomic mass is 10.1. The molecule has 0 aliphatic heterocycles. The van der Waals surface area contributed by atoms with Crippen LogP contribution in [-0.2, 0) is 6.42 Å². The molecule has 0 radical (unpaired) electrons. The molecule has 0 aliphatic rings. The Balaban J connectivity index is 2.18. The Kier molecular flexibility index (Phi) is 5.02. The van der Waals surface area contributed by atoms with Gasteiger partial charge in [-0.1, -0.05) is 36.4 Å². The molecule has 0 bridgehead atoms. The van der Waals surface area contributed by atoms with Gasteiger partial charge in [0.15, 0.2) is 0 Å². The first-order valence-corrected chi connectivity index (χ1v) is 5.16. The number of benzene rings is 1. The molecule has 14 heavy (non-hydrogen) atoms. The smallest absolute Gasteiger partial charge is 0.0157 e. The van der Waals surface area contributed by atoms with Crippen molar-refractivity contribution in [1.29, 1.82) is 0 Å². The number of likely N-dealkylation sites (N-methyl/N-ethyl adjacent to an activating group) is 1. The molecule has 0 N–H and O–H groups in total. The molecule has 0 unspecified atom stereocenters. The maximum atomic E-state index is 3.73. The Morgan fingerprint density at radius 2 is 2.00 bits per heavy atom. The highest BCUT2D eigenvalue weighted by molar-refractivity contribution is 5.14. The highest BCUT2D eigenvalue weighted by Gasteiger charge is 1.95. The largest absolute Gasteiger partial charge is 0.303 e. The second-order valence-corrected chi connectivity index (χ2v) is 3.64. The molecular weight excluding hydrogens is 170 g/mol. The zero-order valence-corrected chi connectivity index (χ0v) is 8.95. The van der Waals surface area contributed by atoms with Crippen molar-refractivity contribution < 1.29 is 0 Å². The molecular formula is C13H19N. The van der Waals surface area contributed by atoms with Crippen LogP contribution < -0.4 is 0 Å². The summed E-state index contributed by atoms with van der Waals surface area (Å²) in [6.07, 6.45) is 4.33. The van der Waals surface area contributed by atoms with Crippen molar-refractivity contribution in [2.75, 3.05) is 20.1 Å². The zero-order valence-electron chi connectivity index (χ0n) is 8.95. The van der Waals surface area contributed by atoms with Crippen LogP contribution >= 0.6 is 0 Å². The van der Waals surface area contributed by atoms with Gasteiger partial charge in [-0.25, -0.2) is 0 Å². The fourth-order valence-corrected chi connectivity index (χ4v) is 1.51. The van der Waals surface area contributed by atoms with Crippen molar-refractivity contribution >= 4 is 0 Å². The van der Waals surface area contributed by atoms with E-state index in [2.05, 4.69) is 48.9 Å². The molecule has 1 nitrogen and oxygen atoms in total. The van der Waals surface area contributed by atoms with E-state index < -0.39 is 0 Å². The van der Waals surface area contributed by atoms with E-state index in [1.54, 1.807) is 0 Å². The predicted octanol–water partition coefficient (Wildman–Crippen LogP) is 2.74. The molecule has 0 saturated heterocycles. The average molecular weight is 189 g/mol. The fraction of sp³-hybridized carbons (Fsp3) is 0.385. The topological polar surface area (TPSA) is 3.24 Å². The third-order valence-electron chi connectivity index (χ3n) is 2.29. The van der Waals surface area contributed by atoms with Gasteiger partial charge in [-0.15, -0.1) is 6.58 Å². The molecule has 1 rings (SSSR count). The van der Waals surface area contributed by atoms with Crippen LogP contribution in [0.15, 0.2) is 43.0 Å². The van der Waals surface area contributed by atoms with Gasteiger partial charge in [0.2, 0.25) is 0 Å². The third kappa shape index (κ3) is 4.24. The minimum absolute atomic E-state index is 0.981. The van der Waals surface area contributed by atoms with Crippen molar-refractivity contribution in [2.45, 2.75) is 12.8 Å². The van der Waals surface area contributed by atoms with E-state index in [1.807, 2.05) is 6.08 Å². The van der Waals surface area contributed by atoms with E-state index in [1.165, 1.54) is 18.4 Å². The molecule has 0 heterocycles. The van der Waals surface area contributed by atoms with Gasteiger partial charge in [-0.05, 0) is 32.0 Å². The third-order valence-corrected chi connectivity index (χ3v) is 2.29. The lowest BCUT2D eigenvalue weighted by Gasteiger charge is -2.13. The van der Waals surface area contributed by atoms with Crippen LogP contribution in [0.3, 0.4) is 0 Å². The maximum absolute atomic E-state index is 3.73. The Bertz CT molecular complexity index is 253. The molecule has 0 spiro atoms. The summed E-state index contributed by atoms with van der Waals surface area (Å²) in [4.78, 5) is 2.29. The fourth-order valence-electron chi connectivity index (χ4n) is 1.51. The van der Waals surface area contributed by atoms with Gasteiger partial charge in [0.1, 0.15) is 0 Å². The summed E-state index contributed by atoms with van der Waals surface area (Å²) in [5.41, 5.74) is 1.43. The van der Waals surface area contributed by atoms with Crippen molar-refractivity contribution in [2.24, 2.45) is 0 Å². The molecule has 76 valence electrons. The molecule has 1 heteroatoms. The second kappa shape index (κ2) is 6.39. The van der Waals surface area contributed by atoms with Crippen LogP contribution in [0.2, 0.25) is 0 Å². The normalized spacial score (nSPS) is 10.4. The average Bonchev–Trinajstić information content (AvgIpc) is 2.20. The van der Waals surface area contributed by atoms with E-state index in [-0.39, 0.29) is 0 Å². The SMILES string of the molecule is C=CCN(C)CCCc1ccccc1. The molecule has 0 amide bonds. The molecule has 1 aromatic carbocycles. The molecule has 0 fully saturated rings. The summed E-state index contributed by atoms with van der Waals surface area (Å²) in [6.45, 7) is 5.85. The monoisotopic (exact) mass is 189 g/mol. The van der Waals surface area contributed by atoms with Gasteiger partial charge < -0.3 is 4.90 Å². The van der Waals surface area contributed by atoms with Crippen molar-refractivity contribution in [3.8, 4) is 0 Å². The van der Waals surface area contributed by atoms with Crippen molar-refractivity contribution in [1.82, 2.24) is 4.90 Å². The van der Waals surface area contributed by atoms with E-state index >= 15 is 0 Å². The molecule has 0 atom stereocenters. The van der Waals surface area contributed by atoms with E-state index in [0.717, 1.165) is 13.1 Å². The predicted molar refractivity (Wildman–Crippen MR) is 62.5 cm³/mol. The maximum Gasteiger partial charge on any atom is 0.0157 e. The van der Waals surface area contributed by atoms with E-state index in [4.69, 9.17) is 0 Å². The number of rotatable bonds is 6. The Morgan fingerprint density at radius 1 is 1.29 bits per heavy atom. The van der Waals surface area contributed by atoms with Crippen LogP contribution in [0.4, 0.5) is 0 Å². The van der Waals surface area contributed by atoms with Gasteiger partial charge in [-0.3, -0.25) is 0 Å². The number of nitrogens with zero attached hydrogens (tertiary/aromatic N) is 1. The van der Waals surface area contributed by atoms with Crippen LogP contribution in [0.5, 0.6) is 0 Å². The Labute approximate surface area is 87.1 Å². The van der Waals surface area contributed by atoms with Gasteiger partial charge in [0, 0.05) is 6.54 Å². The summed E-state index contributed by atoms with van der Waals surface area (Å²) < 4.78 is 0. The van der Waals surface area contributed by atoms with Crippen LogP contribution in [0.25, 0.3) is 0 Å². The number of aryl methyl sites for hydroxylation is 1. The first-order chi connectivity index (χ1) is 6.83. The summed E-state index contributed by atoms with van der Waals surface area (Å²) in [5.74, 6) is 0. The van der Waals surface area contributed by atoms with Crippen LogP contribution in [0.1, 0.15) is 12.0 Å². The molecule has 1 aromatic rings. The van der Waals surface area contributed by atoms with E-state index in [9.17, 15) is 0 Å². The number of hydrogen-bond acceptors (Lipinski definition) is 1. The lowest BCUT2D eigenvalue weighted by molar-refractivity contribution is 0.364.